The molecule has 0 radical (unpaired) electrons. The molecule has 2 rings (SSSR count). The summed E-state index contributed by atoms with van der Waals surface area (Å²) in [4.78, 5) is 16.4. The van der Waals surface area contributed by atoms with Crippen molar-refractivity contribution in [3.8, 4) is 0 Å². The van der Waals surface area contributed by atoms with Crippen molar-refractivity contribution in [3.05, 3.63) is 35.9 Å². The van der Waals surface area contributed by atoms with Gasteiger partial charge in [-0.1, -0.05) is 30.3 Å². The Balaban J connectivity index is 0.00000264. The summed E-state index contributed by atoms with van der Waals surface area (Å²) in [5.41, 5.74) is 6.92. The number of amides is 1. The van der Waals surface area contributed by atoms with Gasteiger partial charge in [0.15, 0.2) is 0 Å². The molecule has 1 aliphatic rings. The van der Waals surface area contributed by atoms with Crippen LogP contribution < -0.4 is 11.1 Å². The molecule has 1 heterocycles. The van der Waals surface area contributed by atoms with Gasteiger partial charge in [-0.25, -0.2) is 0 Å². The van der Waals surface area contributed by atoms with E-state index >= 15 is 0 Å². The van der Waals surface area contributed by atoms with Gasteiger partial charge in [-0.15, -0.1) is 12.4 Å². The van der Waals surface area contributed by atoms with E-state index < -0.39 is 6.04 Å². The molecule has 0 spiro atoms. The molecule has 23 heavy (non-hydrogen) atoms. The van der Waals surface area contributed by atoms with Crippen molar-refractivity contribution >= 4 is 18.3 Å². The molecular formula is C17H29ClN4O. The third-order valence-corrected chi connectivity index (χ3v) is 4.21. The highest BCUT2D eigenvalue weighted by atomic mass is 35.5. The Morgan fingerprint density at radius 1 is 1.35 bits per heavy atom. The third kappa shape index (κ3) is 6.11. The van der Waals surface area contributed by atoms with Gasteiger partial charge in [0.25, 0.3) is 0 Å². The van der Waals surface area contributed by atoms with Crippen LogP contribution in [0.5, 0.6) is 0 Å². The van der Waals surface area contributed by atoms with Crippen LogP contribution >= 0.6 is 12.4 Å². The van der Waals surface area contributed by atoms with Crippen molar-refractivity contribution in [1.29, 1.82) is 0 Å². The summed E-state index contributed by atoms with van der Waals surface area (Å²) >= 11 is 0. The molecule has 5 nitrogen and oxygen atoms in total. The second kappa shape index (κ2) is 9.88. The lowest BCUT2D eigenvalue weighted by Crippen LogP contribution is -2.47. The van der Waals surface area contributed by atoms with Gasteiger partial charge in [0.05, 0.1) is 6.04 Å². The van der Waals surface area contributed by atoms with Crippen molar-refractivity contribution in [2.24, 2.45) is 5.73 Å². The summed E-state index contributed by atoms with van der Waals surface area (Å²) in [6.45, 7) is 6.60. The van der Waals surface area contributed by atoms with E-state index in [1.807, 2.05) is 0 Å². The Bertz CT molecular complexity index is 469. The van der Waals surface area contributed by atoms with Crippen LogP contribution in [0, 0.1) is 0 Å². The quantitative estimate of drug-likeness (QED) is 0.765. The standard InChI is InChI=1S/C17H28N4O.ClH/c1-14(18)17(22)19-9-6-10-21-12-11-20(2)13-16(21)15-7-4-3-5-8-15;/h3-5,7-8,14,16H,6,9-13,18H2,1-2H3,(H,19,22);1H. The van der Waals surface area contributed by atoms with E-state index in [0.717, 1.165) is 32.6 Å². The van der Waals surface area contributed by atoms with Gasteiger partial charge >= 0.3 is 0 Å². The van der Waals surface area contributed by atoms with Crippen LogP contribution in [-0.4, -0.2) is 61.5 Å². The molecule has 0 bridgehead atoms. The number of nitrogens with zero attached hydrogens (tertiary/aromatic N) is 2. The Morgan fingerprint density at radius 3 is 2.70 bits per heavy atom. The fraction of sp³-hybridized carbons (Fsp3) is 0.588. The number of rotatable bonds is 6. The zero-order valence-corrected chi connectivity index (χ0v) is 14.9. The molecule has 0 aromatic heterocycles. The molecule has 0 saturated carbocycles. The van der Waals surface area contributed by atoms with Crippen molar-refractivity contribution < 1.29 is 4.79 Å². The van der Waals surface area contributed by atoms with E-state index in [1.165, 1.54) is 5.56 Å². The zero-order chi connectivity index (χ0) is 15.9. The molecule has 6 heteroatoms. The third-order valence-electron chi connectivity index (χ3n) is 4.21. The molecule has 2 unspecified atom stereocenters. The molecule has 1 fully saturated rings. The van der Waals surface area contributed by atoms with Crippen molar-refractivity contribution in [1.82, 2.24) is 15.1 Å². The van der Waals surface area contributed by atoms with Crippen LogP contribution in [0.15, 0.2) is 30.3 Å². The van der Waals surface area contributed by atoms with Gasteiger partial charge in [0, 0.05) is 38.8 Å². The number of halogens is 1. The Labute approximate surface area is 145 Å². The van der Waals surface area contributed by atoms with E-state index in [2.05, 4.69) is 52.5 Å². The van der Waals surface area contributed by atoms with E-state index in [1.54, 1.807) is 6.92 Å². The maximum absolute atomic E-state index is 11.5. The van der Waals surface area contributed by atoms with Crippen LogP contribution in [0.2, 0.25) is 0 Å². The largest absolute Gasteiger partial charge is 0.355 e. The zero-order valence-electron chi connectivity index (χ0n) is 14.1. The van der Waals surface area contributed by atoms with Crippen molar-refractivity contribution in [3.63, 3.8) is 0 Å². The molecule has 130 valence electrons. The molecule has 0 aliphatic carbocycles. The van der Waals surface area contributed by atoms with E-state index in [4.69, 9.17) is 5.73 Å². The number of nitrogens with one attached hydrogen (secondary N) is 1. The number of carbonyl (C=O) groups is 1. The predicted molar refractivity (Wildman–Crippen MR) is 96.8 cm³/mol. The van der Waals surface area contributed by atoms with Gasteiger partial charge in [0.1, 0.15) is 0 Å². The van der Waals surface area contributed by atoms with Gasteiger partial charge in [-0.05, 0) is 26.0 Å². The lowest BCUT2D eigenvalue weighted by molar-refractivity contribution is -0.122. The highest BCUT2D eigenvalue weighted by Crippen LogP contribution is 2.24. The summed E-state index contributed by atoms with van der Waals surface area (Å²) in [5.74, 6) is -0.0713. The van der Waals surface area contributed by atoms with Crippen molar-refractivity contribution in [2.75, 3.05) is 39.8 Å². The summed E-state index contributed by atoms with van der Waals surface area (Å²) in [6.07, 6.45) is 0.950. The number of hydrogen-bond donors (Lipinski definition) is 2. The van der Waals surface area contributed by atoms with E-state index in [0.29, 0.717) is 12.6 Å². The summed E-state index contributed by atoms with van der Waals surface area (Å²) < 4.78 is 0. The number of nitrogens with two attached hydrogens (primary N) is 1. The molecule has 1 aliphatic heterocycles. The minimum Gasteiger partial charge on any atom is -0.355 e. The first-order valence-corrected chi connectivity index (χ1v) is 8.08. The van der Waals surface area contributed by atoms with Gasteiger partial charge in [-0.3, -0.25) is 9.69 Å². The summed E-state index contributed by atoms with van der Waals surface area (Å²) in [7, 11) is 2.18. The normalized spacial score (nSPS) is 20.6. The SMILES string of the molecule is CC(N)C(=O)NCCCN1CCN(C)CC1c1ccccc1.Cl. The maximum atomic E-state index is 11.5. The molecule has 1 aromatic rings. The molecule has 2 atom stereocenters. The van der Waals surface area contributed by atoms with Gasteiger partial charge in [0.2, 0.25) is 5.91 Å². The number of benzene rings is 1. The minimum atomic E-state index is -0.430. The summed E-state index contributed by atoms with van der Waals surface area (Å²) in [5, 5.41) is 2.88. The molecule has 1 saturated heterocycles. The first-order valence-electron chi connectivity index (χ1n) is 8.08. The first kappa shape index (κ1) is 19.9. The number of carbonyl (C=O) groups excluding carboxylic acids is 1. The number of piperazine rings is 1. The topological polar surface area (TPSA) is 61.6 Å². The van der Waals surface area contributed by atoms with Crippen molar-refractivity contribution in [2.45, 2.75) is 25.4 Å². The van der Waals surface area contributed by atoms with Crippen LogP contribution in [0.3, 0.4) is 0 Å². The lowest BCUT2D eigenvalue weighted by Gasteiger charge is -2.40. The van der Waals surface area contributed by atoms with E-state index in [9.17, 15) is 4.79 Å². The fourth-order valence-electron chi connectivity index (χ4n) is 2.87. The van der Waals surface area contributed by atoms with Crippen LogP contribution in [0.1, 0.15) is 24.9 Å². The number of likely N-dealkylation sites (N-methyl/N-ethyl adjacent to an activating group) is 1. The summed E-state index contributed by atoms with van der Waals surface area (Å²) in [6, 6.07) is 10.7. The molecule has 1 aromatic carbocycles. The average Bonchev–Trinajstić information content (AvgIpc) is 2.53. The predicted octanol–water partition coefficient (Wildman–Crippen LogP) is 1.25. The monoisotopic (exact) mass is 340 g/mol. The van der Waals surface area contributed by atoms with Crippen LogP contribution in [-0.2, 0) is 4.79 Å². The van der Waals surface area contributed by atoms with Gasteiger partial charge < -0.3 is 16.0 Å². The molecule has 3 N–H and O–H groups in total. The Hall–Kier alpha value is -1.14. The maximum Gasteiger partial charge on any atom is 0.236 e. The Kier molecular flexibility index (Phi) is 8.55. The van der Waals surface area contributed by atoms with E-state index in [-0.39, 0.29) is 18.3 Å². The average molecular weight is 341 g/mol. The number of hydrogen-bond acceptors (Lipinski definition) is 4. The minimum absolute atomic E-state index is 0. The second-order valence-corrected chi connectivity index (χ2v) is 6.16. The highest BCUT2D eigenvalue weighted by molar-refractivity contribution is 5.85. The smallest absolute Gasteiger partial charge is 0.236 e. The molecule has 1 amide bonds. The highest BCUT2D eigenvalue weighted by Gasteiger charge is 2.25. The van der Waals surface area contributed by atoms with Crippen LogP contribution in [0.25, 0.3) is 0 Å². The Morgan fingerprint density at radius 2 is 2.04 bits per heavy atom. The van der Waals surface area contributed by atoms with Crippen LogP contribution in [0.4, 0.5) is 0 Å². The second-order valence-electron chi connectivity index (χ2n) is 6.16. The molecular weight excluding hydrogens is 312 g/mol. The fourth-order valence-corrected chi connectivity index (χ4v) is 2.87. The van der Waals surface area contributed by atoms with Gasteiger partial charge in [-0.2, -0.15) is 0 Å². The lowest BCUT2D eigenvalue weighted by atomic mass is 10.0. The first-order chi connectivity index (χ1) is 10.6.